The molecule has 3 rings (SSSR count). The van der Waals surface area contributed by atoms with Crippen LogP contribution in [0.2, 0.25) is 0 Å². The van der Waals surface area contributed by atoms with E-state index in [0.717, 1.165) is 29.1 Å². The lowest BCUT2D eigenvalue weighted by atomic mass is 10.2. The molecule has 0 saturated carbocycles. The van der Waals surface area contributed by atoms with Gasteiger partial charge < -0.3 is 9.64 Å². The molecule has 2 heterocycles. The SMILES string of the molecule is CCn1nc(C)c(CN(C)C(=O)c2cc(COc3cccc(F)c3)cs2)c1C. The number of hydrogen-bond acceptors (Lipinski definition) is 4. The van der Waals surface area contributed by atoms with Crippen molar-refractivity contribution >= 4 is 17.2 Å². The number of hydrogen-bond donors (Lipinski definition) is 0. The quantitative estimate of drug-likeness (QED) is 0.583. The molecule has 1 amide bonds. The number of nitrogens with zero attached hydrogens (tertiary/aromatic N) is 3. The van der Waals surface area contributed by atoms with Gasteiger partial charge in [-0.1, -0.05) is 6.07 Å². The van der Waals surface area contributed by atoms with Crippen molar-refractivity contribution in [2.45, 2.75) is 40.5 Å². The molecule has 0 aliphatic rings. The van der Waals surface area contributed by atoms with Crippen molar-refractivity contribution in [2.24, 2.45) is 0 Å². The number of carbonyl (C=O) groups excluding carboxylic acids is 1. The van der Waals surface area contributed by atoms with Gasteiger partial charge in [-0.15, -0.1) is 11.3 Å². The van der Waals surface area contributed by atoms with Crippen LogP contribution in [-0.4, -0.2) is 27.6 Å². The number of aromatic nitrogens is 2. The van der Waals surface area contributed by atoms with Crippen LogP contribution in [0.1, 0.15) is 39.1 Å². The normalized spacial score (nSPS) is 10.9. The van der Waals surface area contributed by atoms with E-state index in [0.29, 0.717) is 23.8 Å². The van der Waals surface area contributed by atoms with Gasteiger partial charge in [0.2, 0.25) is 0 Å². The minimum atomic E-state index is -0.336. The van der Waals surface area contributed by atoms with E-state index in [1.54, 1.807) is 24.1 Å². The minimum Gasteiger partial charge on any atom is -0.489 e. The van der Waals surface area contributed by atoms with Crippen molar-refractivity contribution < 1.29 is 13.9 Å². The van der Waals surface area contributed by atoms with Crippen molar-refractivity contribution in [1.29, 1.82) is 0 Å². The van der Waals surface area contributed by atoms with E-state index in [2.05, 4.69) is 12.0 Å². The number of aryl methyl sites for hydroxylation is 2. The topological polar surface area (TPSA) is 47.4 Å². The highest BCUT2D eigenvalue weighted by Crippen LogP contribution is 2.21. The molecule has 0 N–H and O–H groups in total. The van der Waals surface area contributed by atoms with E-state index in [4.69, 9.17) is 4.74 Å². The third-order valence-corrected chi connectivity index (χ3v) is 5.61. The van der Waals surface area contributed by atoms with Gasteiger partial charge in [-0.2, -0.15) is 5.10 Å². The molecular weight excluding hydrogens is 377 g/mol. The zero-order valence-corrected chi connectivity index (χ0v) is 17.3. The second-order valence-corrected chi connectivity index (χ2v) is 7.60. The van der Waals surface area contributed by atoms with Gasteiger partial charge in [0.15, 0.2) is 0 Å². The Morgan fingerprint density at radius 2 is 2.11 bits per heavy atom. The Kier molecular flexibility index (Phi) is 6.14. The van der Waals surface area contributed by atoms with E-state index in [-0.39, 0.29) is 11.7 Å². The maximum Gasteiger partial charge on any atom is 0.263 e. The van der Waals surface area contributed by atoms with E-state index < -0.39 is 0 Å². The van der Waals surface area contributed by atoms with Gasteiger partial charge in [0, 0.05) is 43.0 Å². The zero-order valence-electron chi connectivity index (χ0n) is 16.5. The first-order valence-electron chi connectivity index (χ1n) is 9.13. The fourth-order valence-electron chi connectivity index (χ4n) is 3.05. The van der Waals surface area contributed by atoms with Gasteiger partial charge in [0.25, 0.3) is 5.91 Å². The number of rotatable bonds is 7. The Morgan fingerprint density at radius 3 is 2.79 bits per heavy atom. The molecule has 1 aromatic carbocycles. The number of benzene rings is 1. The Hall–Kier alpha value is -2.67. The van der Waals surface area contributed by atoms with Crippen molar-refractivity contribution in [2.75, 3.05) is 7.05 Å². The molecule has 0 aliphatic carbocycles. The summed E-state index contributed by atoms with van der Waals surface area (Å²) in [7, 11) is 1.80. The summed E-state index contributed by atoms with van der Waals surface area (Å²) in [5, 5.41) is 6.41. The summed E-state index contributed by atoms with van der Waals surface area (Å²) in [4.78, 5) is 15.2. The molecule has 0 saturated heterocycles. The predicted molar refractivity (Wildman–Crippen MR) is 108 cm³/mol. The summed E-state index contributed by atoms with van der Waals surface area (Å²) in [6.07, 6.45) is 0. The summed E-state index contributed by atoms with van der Waals surface area (Å²) >= 11 is 1.39. The van der Waals surface area contributed by atoms with Crippen LogP contribution in [-0.2, 0) is 19.7 Å². The Labute approximate surface area is 168 Å². The first-order chi connectivity index (χ1) is 13.4. The number of carbonyl (C=O) groups is 1. The maximum absolute atomic E-state index is 13.2. The first kappa shape index (κ1) is 20.1. The monoisotopic (exact) mass is 401 g/mol. The average molecular weight is 402 g/mol. The van der Waals surface area contributed by atoms with Crippen LogP contribution in [0.15, 0.2) is 35.7 Å². The fraction of sp³-hybridized carbons (Fsp3) is 0.333. The molecular formula is C21H24FN3O2S. The van der Waals surface area contributed by atoms with Crippen LogP contribution in [0.5, 0.6) is 5.75 Å². The first-order valence-corrected chi connectivity index (χ1v) is 10.0. The number of thiophene rings is 1. The van der Waals surface area contributed by atoms with Gasteiger partial charge in [0.05, 0.1) is 10.6 Å². The molecule has 0 fully saturated rings. The third-order valence-electron chi connectivity index (χ3n) is 4.64. The second kappa shape index (κ2) is 8.56. The largest absolute Gasteiger partial charge is 0.489 e. The predicted octanol–water partition coefficient (Wildman–Crippen LogP) is 4.57. The number of halogens is 1. The van der Waals surface area contributed by atoms with Crippen LogP contribution < -0.4 is 4.74 Å². The number of ether oxygens (including phenoxy) is 1. The molecule has 0 radical (unpaired) electrons. The fourth-order valence-corrected chi connectivity index (χ4v) is 3.95. The maximum atomic E-state index is 13.2. The van der Waals surface area contributed by atoms with Crippen molar-refractivity contribution in [1.82, 2.24) is 14.7 Å². The molecule has 0 atom stereocenters. The zero-order chi connectivity index (χ0) is 20.3. The van der Waals surface area contributed by atoms with Crippen LogP contribution in [0.4, 0.5) is 4.39 Å². The molecule has 0 spiro atoms. The third kappa shape index (κ3) is 4.42. The highest BCUT2D eigenvalue weighted by molar-refractivity contribution is 7.12. The van der Waals surface area contributed by atoms with Crippen LogP contribution in [0.3, 0.4) is 0 Å². The molecule has 28 heavy (non-hydrogen) atoms. The average Bonchev–Trinajstić information content (AvgIpc) is 3.25. The molecule has 2 aromatic heterocycles. The van der Waals surface area contributed by atoms with Crippen molar-refractivity contribution in [3.63, 3.8) is 0 Å². The summed E-state index contributed by atoms with van der Waals surface area (Å²) in [6.45, 7) is 7.67. The Bertz CT molecular complexity index is 980. The van der Waals surface area contributed by atoms with Gasteiger partial charge >= 0.3 is 0 Å². The van der Waals surface area contributed by atoms with Crippen LogP contribution in [0.25, 0.3) is 0 Å². The Morgan fingerprint density at radius 1 is 1.32 bits per heavy atom. The minimum absolute atomic E-state index is 0.0370. The summed E-state index contributed by atoms with van der Waals surface area (Å²) in [5.41, 5.74) is 4.02. The molecule has 0 unspecified atom stereocenters. The lowest BCUT2D eigenvalue weighted by Crippen LogP contribution is -2.26. The van der Waals surface area contributed by atoms with E-state index in [1.165, 1.54) is 23.5 Å². The highest BCUT2D eigenvalue weighted by Gasteiger charge is 2.18. The molecule has 3 aromatic rings. The summed E-state index contributed by atoms with van der Waals surface area (Å²) < 4.78 is 20.8. The molecule has 148 valence electrons. The van der Waals surface area contributed by atoms with Gasteiger partial charge in [-0.3, -0.25) is 9.48 Å². The van der Waals surface area contributed by atoms with Gasteiger partial charge in [-0.25, -0.2) is 4.39 Å². The molecule has 7 heteroatoms. The van der Waals surface area contributed by atoms with Crippen molar-refractivity contribution in [3.8, 4) is 5.75 Å². The Balaban J connectivity index is 1.64. The van der Waals surface area contributed by atoms with Crippen LogP contribution >= 0.6 is 11.3 Å². The van der Waals surface area contributed by atoms with Gasteiger partial charge in [0.1, 0.15) is 18.2 Å². The lowest BCUT2D eigenvalue weighted by Gasteiger charge is -2.16. The summed E-state index contributed by atoms with van der Waals surface area (Å²) in [6, 6.07) is 7.85. The molecule has 0 bridgehead atoms. The summed E-state index contributed by atoms with van der Waals surface area (Å²) in [5.74, 6) is 0.0948. The van der Waals surface area contributed by atoms with E-state index in [9.17, 15) is 9.18 Å². The molecule has 0 aliphatic heterocycles. The second-order valence-electron chi connectivity index (χ2n) is 6.69. The van der Waals surface area contributed by atoms with Crippen molar-refractivity contribution in [3.05, 3.63) is 68.9 Å². The van der Waals surface area contributed by atoms with E-state index in [1.807, 2.05) is 30.0 Å². The number of amides is 1. The highest BCUT2D eigenvalue weighted by atomic mass is 32.1. The van der Waals surface area contributed by atoms with E-state index >= 15 is 0 Å². The smallest absolute Gasteiger partial charge is 0.263 e. The van der Waals surface area contributed by atoms with Crippen LogP contribution in [0, 0.1) is 19.7 Å². The molecule has 5 nitrogen and oxygen atoms in total. The van der Waals surface area contributed by atoms with Gasteiger partial charge in [-0.05, 0) is 44.4 Å². The standard InChI is InChI=1S/C21H24FN3O2S/c1-5-25-15(3)19(14(2)23-25)11-24(4)21(26)20-9-16(13-28-20)12-27-18-8-6-7-17(22)10-18/h6-10,13H,5,11-12H2,1-4H3. The lowest BCUT2D eigenvalue weighted by molar-refractivity contribution is 0.0789.